The highest BCUT2D eigenvalue weighted by molar-refractivity contribution is 6.34. The zero-order chi connectivity index (χ0) is 25.5. The molecule has 1 aromatic heterocycles. The van der Waals surface area contributed by atoms with Gasteiger partial charge in [-0.1, -0.05) is 60.7 Å². The minimum Gasteiger partial charge on any atom is -0.460 e. The Balaban J connectivity index is 0.000000247. The van der Waals surface area contributed by atoms with Crippen molar-refractivity contribution in [3.8, 4) is 0 Å². The molecule has 3 rings (SSSR count). The van der Waals surface area contributed by atoms with Crippen LogP contribution < -0.4 is 11.2 Å². The molecule has 0 unspecified atom stereocenters. The fourth-order valence-corrected chi connectivity index (χ4v) is 2.64. The van der Waals surface area contributed by atoms with Gasteiger partial charge in [0.25, 0.3) is 5.82 Å². The van der Waals surface area contributed by atoms with Crippen LogP contribution in [0.15, 0.2) is 65.8 Å². The van der Waals surface area contributed by atoms with Crippen molar-refractivity contribution in [2.45, 2.75) is 26.7 Å². The Kier molecular flexibility index (Phi) is 11.1. The number of aromatic nitrogens is 3. The number of rotatable bonds is 8. The summed E-state index contributed by atoms with van der Waals surface area (Å²) >= 11 is 0. The van der Waals surface area contributed by atoms with Crippen molar-refractivity contribution < 1.29 is 23.9 Å². The highest BCUT2D eigenvalue weighted by atomic mass is 16.5. The summed E-state index contributed by atoms with van der Waals surface area (Å²) in [5.74, 6) is -1.25. The quantitative estimate of drug-likeness (QED) is 0.190. The van der Waals surface area contributed by atoms with Crippen molar-refractivity contribution in [3.63, 3.8) is 0 Å². The molecule has 35 heavy (non-hydrogen) atoms. The fraction of sp³-hybridized carbons (Fsp3) is 0.250. The minimum absolute atomic E-state index is 0.0813. The standard InChI is InChI=1S/C12H15N3O3.C12H13N3O2/c1-2-18-12(17)11(13)15-14-10(16)8-9-6-4-3-5-7-9;1-2-17-12(16)11-13-10(14-15-11)8-9-6-4-3-5-7-9/h3-7H,2,8H2,1H3,(H2,13,15)(H,14,16);3-7H,2,8H2,1H3,(H,13,14,15). The van der Waals surface area contributed by atoms with Gasteiger partial charge in [0.2, 0.25) is 11.7 Å². The van der Waals surface area contributed by atoms with E-state index in [1.165, 1.54) is 0 Å². The number of H-pyrrole nitrogens is 1. The van der Waals surface area contributed by atoms with E-state index < -0.39 is 11.9 Å². The average Bonchev–Trinajstić information content (AvgIpc) is 3.33. The Bertz CT molecular complexity index is 1120. The van der Waals surface area contributed by atoms with Gasteiger partial charge in [0.05, 0.1) is 19.6 Å². The molecule has 11 nitrogen and oxygen atoms in total. The number of carbonyl (C=O) groups is 3. The molecule has 0 saturated heterocycles. The Morgan fingerprint density at radius 1 is 0.943 bits per heavy atom. The Morgan fingerprint density at radius 2 is 1.54 bits per heavy atom. The number of amidine groups is 1. The summed E-state index contributed by atoms with van der Waals surface area (Å²) in [5.41, 5.74) is 9.46. The number of hydrazone groups is 1. The molecule has 4 N–H and O–H groups in total. The minimum atomic E-state index is -0.752. The predicted molar refractivity (Wildman–Crippen MR) is 128 cm³/mol. The number of amides is 1. The number of hydrogen-bond acceptors (Lipinski definition) is 8. The van der Waals surface area contributed by atoms with Crippen molar-refractivity contribution in [1.82, 2.24) is 20.6 Å². The van der Waals surface area contributed by atoms with E-state index in [1.807, 2.05) is 60.7 Å². The lowest BCUT2D eigenvalue weighted by Crippen LogP contribution is -2.31. The summed E-state index contributed by atoms with van der Waals surface area (Å²) in [7, 11) is 0. The maximum Gasteiger partial charge on any atom is 0.378 e. The van der Waals surface area contributed by atoms with Crippen molar-refractivity contribution in [3.05, 3.63) is 83.4 Å². The van der Waals surface area contributed by atoms with Crippen LogP contribution in [0.5, 0.6) is 0 Å². The summed E-state index contributed by atoms with van der Waals surface area (Å²) in [6.45, 7) is 3.92. The molecule has 184 valence electrons. The Hall–Kier alpha value is -4.54. The van der Waals surface area contributed by atoms with Crippen LogP contribution in [0.4, 0.5) is 0 Å². The zero-order valence-electron chi connectivity index (χ0n) is 19.6. The lowest BCUT2D eigenvalue weighted by Gasteiger charge is -2.02. The van der Waals surface area contributed by atoms with Crippen molar-refractivity contribution in [2.24, 2.45) is 10.8 Å². The van der Waals surface area contributed by atoms with E-state index in [0.29, 0.717) is 18.9 Å². The van der Waals surface area contributed by atoms with E-state index in [-0.39, 0.29) is 30.6 Å². The number of nitrogens with two attached hydrogens (primary N) is 1. The highest BCUT2D eigenvalue weighted by Crippen LogP contribution is 2.05. The molecule has 3 aromatic rings. The Labute approximate surface area is 202 Å². The summed E-state index contributed by atoms with van der Waals surface area (Å²) in [5, 5.41) is 10.0. The van der Waals surface area contributed by atoms with Crippen LogP contribution in [0.25, 0.3) is 0 Å². The third kappa shape index (κ3) is 9.86. The van der Waals surface area contributed by atoms with Gasteiger partial charge in [0.1, 0.15) is 5.82 Å². The van der Waals surface area contributed by atoms with Crippen molar-refractivity contribution in [1.29, 1.82) is 0 Å². The van der Waals surface area contributed by atoms with Gasteiger partial charge in [-0.05, 0) is 25.0 Å². The third-order valence-electron chi connectivity index (χ3n) is 4.20. The smallest absolute Gasteiger partial charge is 0.378 e. The molecule has 0 fully saturated rings. The molecule has 1 amide bonds. The lowest BCUT2D eigenvalue weighted by molar-refractivity contribution is -0.135. The van der Waals surface area contributed by atoms with Gasteiger partial charge in [-0.3, -0.25) is 9.89 Å². The van der Waals surface area contributed by atoms with Gasteiger partial charge < -0.3 is 15.2 Å². The second-order valence-corrected chi connectivity index (χ2v) is 6.90. The van der Waals surface area contributed by atoms with Crippen molar-refractivity contribution in [2.75, 3.05) is 13.2 Å². The molecule has 0 saturated carbocycles. The van der Waals surface area contributed by atoms with Gasteiger partial charge in [-0.2, -0.15) is 0 Å². The molecule has 11 heteroatoms. The number of hydrogen-bond donors (Lipinski definition) is 3. The monoisotopic (exact) mass is 480 g/mol. The van der Waals surface area contributed by atoms with Crippen LogP contribution in [0.3, 0.4) is 0 Å². The largest absolute Gasteiger partial charge is 0.460 e. The average molecular weight is 481 g/mol. The molecule has 0 spiro atoms. The number of benzene rings is 2. The highest BCUT2D eigenvalue weighted by Gasteiger charge is 2.13. The van der Waals surface area contributed by atoms with Crippen LogP contribution in [0, 0.1) is 0 Å². The van der Waals surface area contributed by atoms with Gasteiger partial charge in [0.15, 0.2) is 0 Å². The van der Waals surface area contributed by atoms with Crippen molar-refractivity contribution >= 4 is 23.7 Å². The van der Waals surface area contributed by atoms with Gasteiger partial charge >= 0.3 is 11.9 Å². The molecule has 0 bridgehead atoms. The van der Waals surface area contributed by atoms with Gasteiger partial charge in [-0.15, -0.1) is 10.2 Å². The molecular formula is C24H28N6O5. The molecule has 0 radical (unpaired) electrons. The number of carbonyl (C=O) groups excluding carboxylic acids is 3. The summed E-state index contributed by atoms with van der Waals surface area (Å²) in [4.78, 5) is 38.0. The van der Waals surface area contributed by atoms with Crippen LogP contribution >= 0.6 is 0 Å². The van der Waals surface area contributed by atoms with E-state index in [1.54, 1.807) is 13.8 Å². The number of ether oxygens (including phenoxy) is 2. The predicted octanol–water partition coefficient (Wildman–Crippen LogP) is 1.75. The van der Waals surface area contributed by atoms with E-state index >= 15 is 0 Å². The van der Waals surface area contributed by atoms with E-state index in [2.05, 4.69) is 30.4 Å². The molecule has 0 aliphatic heterocycles. The van der Waals surface area contributed by atoms with Crippen LogP contribution in [-0.2, 0) is 31.9 Å². The first kappa shape index (κ1) is 26.7. The molecule has 0 atom stereocenters. The lowest BCUT2D eigenvalue weighted by atomic mass is 10.1. The van der Waals surface area contributed by atoms with Crippen LogP contribution in [-0.4, -0.2) is 52.1 Å². The maximum absolute atomic E-state index is 11.5. The zero-order valence-corrected chi connectivity index (χ0v) is 19.6. The van der Waals surface area contributed by atoms with Crippen LogP contribution in [0.1, 0.15) is 41.4 Å². The number of esters is 2. The number of nitrogens with zero attached hydrogens (tertiary/aromatic N) is 3. The maximum atomic E-state index is 11.5. The Morgan fingerprint density at radius 3 is 2.14 bits per heavy atom. The fourth-order valence-electron chi connectivity index (χ4n) is 2.64. The first-order chi connectivity index (χ1) is 16.9. The van der Waals surface area contributed by atoms with E-state index in [4.69, 9.17) is 10.5 Å². The van der Waals surface area contributed by atoms with Crippen LogP contribution in [0.2, 0.25) is 0 Å². The SMILES string of the molecule is CCOC(=O)C(N)=NNC(=O)Cc1ccccc1.CCOC(=O)c1n[nH]c(Cc2ccccc2)n1. The summed E-state index contributed by atoms with van der Waals surface area (Å²) < 4.78 is 9.42. The molecule has 0 aliphatic carbocycles. The summed E-state index contributed by atoms with van der Waals surface area (Å²) in [6, 6.07) is 19.0. The third-order valence-corrected chi connectivity index (χ3v) is 4.20. The number of nitrogens with one attached hydrogen (secondary N) is 2. The van der Waals surface area contributed by atoms with E-state index in [0.717, 1.165) is 11.1 Å². The normalized spacial score (nSPS) is 10.5. The molecular weight excluding hydrogens is 452 g/mol. The first-order valence-corrected chi connectivity index (χ1v) is 10.9. The molecule has 0 aliphatic rings. The number of aromatic amines is 1. The second-order valence-electron chi connectivity index (χ2n) is 6.90. The molecule has 1 heterocycles. The second kappa shape index (κ2) is 14.6. The van der Waals surface area contributed by atoms with Gasteiger partial charge in [0, 0.05) is 6.42 Å². The van der Waals surface area contributed by atoms with Gasteiger partial charge in [-0.25, -0.2) is 20.0 Å². The summed E-state index contributed by atoms with van der Waals surface area (Å²) in [6.07, 6.45) is 0.785. The first-order valence-electron chi connectivity index (χ1n) is 10.9. The molecule has 2 aromatic carbocycles. The topological polar surface area (TPSA) is 162 Å². The van der Waals surface area contributed by atoms with E-state index in [9.17, 15) is 14.4 Å².